The van der Waals surface area contributed by atoms with Gasteiger partial charge in [-0.3, -0.25) is 14.7 Å². The van der Waals surface area contributed by atoms with Gasteiger partial charge in [-0.1, -0.05) is 45.7 Å². The van der Waals surface area contributed by atoms with Crippen molar-refractivity contribution in [2.24, 2.45) is 0 Å². The number of hydrogen-bond acceptors (Lipinski definition) is 3. The fourth-order valence-electron chi connectivity index (χ4n) is 2.65. The normalized spacial score (nSPS) is 19.0. The zero-order valence-corrected chi connectivity index (χ0v) is 14.1. The van der Waals surface area contributed by atoms with Crippen LogP contribution in [-0.4, -0.2) is 28.9 Å². The van der Waals surface area contributed by atoms with E-state index >= 15 is 0 Å². The molecule has 3 rings (SSSR count). The molecule has 1 atom stereocenters. The number of pyridine rings is 1. The fourth-order valence-corrected chi connectivity index (χ4v) is 3.33. The van der Waals surface area contributed by atoms with Crippen LogP contribution in [0.5, 0.6) is 0 Å². The highest BCUT2D eigenvalue weighted by Crippen LogP contribution is 2.31. The molecule has 2 aromatic rings. The number of nitrogens with zero attached hydrogens (tertiary/aromatic N) is 2. The van der Waals surface area contributed by atoms with Crippen LogP contribution in [0, 0.1) is 0 Å². The summed E-state index contributed by atoms with van der Waals surface area (Å²) in [5, 5.41) is 3.56. The number of aromatic nitrogens is 1. The SMILES string of the molecule is O=C1NCCN(Cc2ncccc2Cl)C1c1ccccc1Br. The minimum absolute atomic E-state index is 0.00482. The molecule has 0 radical (unpaired) electrons. The van der Waals surface area contributed by atoms with Gasteiger partial charge in [-0.25, -0.2) is 0 Å². The number of nitrogens with one attached hydrogen (secondary N) is 1. The summed E-state index contributed by atoms with van der Waals surface area (Å²) >= 11 is 9.74. The molecule has 0 saturated carbocycles. The van der Waals surface area contributed by atoms with Crippen LogP contribution >= 0.6 is 27.5 Å². The number of carbonyl (C=O) groups is 1. The van der Waals surface area contributed by atoms with Gasteiger partial charge in [0.1, 0.15) is 6.04 Å². The van der Waals surface area contributed by atoms with Gasteiger partial charge in [0.2, 0.25) is 5.91 Å². The zero-order chi connectivity index (χ0) is 15.5. The standard InChI is InChI=1S/C16H15BrClN3O/c17-12-5-2-1-4-11(12)15-16(22)20-8-9-21(15)10-14-13(18)6-3-7-19-14/h1-7,15H,8-10H2,(H,20,22). The van der Waals surface area contributed by atoms with Gasteiger partial charge in [0, 0.05) is 30.3 Å². The van der Waals surface area contributed by atoms with Crippen LogP contribution in [0.15, 0.2) is 47.1 Å². The fraction of sp³-hybridized carbons (Fsp3) is 0.250. The van der Waals surface area contributed by atoms with E-state index in [9.17, 15) is 4.79 Å². The van der Waals surface area contributed by atoms with Crippen LogP contribution in [0.4, 0.5) is 0 Å². The Morgan fingerprint density at radius 1 is 1.32 bits per heavy atom. The largest absolute Gasteiger partial charge is 0.353 e. The topological polar surface area (TPSA) is 45.2 Å². The molecular weight excluding hydrogens is 366 g/mol. The molecule has 0 aliphatic carbocycles. The van der Waals surface area contributed by atoms with Crippen molar-refractivity contribution in [1.82, 2.24) is 15.2 Å². The van der Waals surface area contributed by atoms with Crippen LogP contribution in [-0.2, 0) is 11.3 Å². The number of piperazine rings is 1. The third-order valence-corrected chi connectivity index (χ3v) is 4.77. The van der Waals surface area contributed by atoms with Crippen molar-refractivity contribution in [2.45, 2.75) is 12.6 Å². The Bertz CT molecular complexity index is 695. The molecule has 114 valence electrons. The molecule has 0 bridgehead atoms. The van der Waals surface area contributed by atoms with E-state index in [0.717, 1.165) is 22.3 Å². The quantitative estimate of drug-likeness (QED) is 0.889. The summed E-state index contributed by atoms with van der Waals surface area (Å²) in [7, 11) is 0. The van der Waals surface area contributed by atoms with Gasteiger partial charge in [0.15, 0.2) is 0 Å². The average Bonchev–Trinajstić information content (AvgIpc) is 2.51. The summed E-state index contributed by atoms with van der Waals surface area (Å²) in [5.41, 5.74) is 1.74. The Hall–Kier alpha value is -1.43. The van der Waals surface area contributed by atoms with Gasteiger partial charge in [0.05, 0.1) is 10.7 Å². The van der Waals surface area contributed by atoms with Crippen molar-refractivity contribution >= 4 is 33.4 Å². The maximum absolute atomic E-state index is 12.4. The molecule has 1 fully saturated rings. The summed E-state index contributed by atoms with van der Waals surface area (Å²) in [6.07, 6.45) is 1.72. The van der Waals surface area contributed by atoms with Crippen molar-refractivity contribution in [3.63, 3.8) is 0 Å². The summed E-state index contributed by atoms with van der Waals surface area (Å²) in [5.74, 6) is 0.00482. The first-order valence-electron chi connectivity index (χ1n) is 7.02. The van der Waals surface area contributed by atoms with Crippen molar-refractivity contribution in [2.75, 3.05) is 13.1 Å². The van der Waals surface area contributed by atoms with E-state index in [2.05, 4.69) is 31.1 Å². The van der Waals surface area contributed by atoms with E-state index in [0.29, 0.717) is 18.1 Å². The predicted molar refractivity (Wildman–Crippen MR) is 89.5 cm³/mol. The Morgan fingerprint density at radius 2 is 2.14 bits per heavy atom. The monoisotopic (exact) mass is 379 g/mol. The Labute approximate surface area is 142 Å². The smallest absolute Gasteiger partial charge is 0.242 e. The van der Waals surface area contributed by atoms with E-state index in [1.165, 1.54) is 0 Å². The maximum Gasteiger partial charge on any atom is 0.242 e. The molecule has 1 saturated heterocycles. The summed E-state index contributed by atoms with van der Waals surface area (Å²) in [6.45, 7) is 1.92. The predicted octanol–water partition coefficient (Wildman–Crippen LogP) is 3.17. The lowest BCUT2D eigenvalue weighted by Crippen LogP contribution is -2.49. The maximum atomic E-state index is 12.4. The van der Waals surface area contributed by atoms with Crippen LogP contribution < -0.4 is 5.32 Å². The summed E-state index contributed by atoms with van der Waals surface area (Å²) in [6, 6.07) is 11.1. The summed E-state index contributed by atoms with van der Waals surface area (Å²) < 4.78 is 0.925. The first kappa shape index (κ1) is 15.5. The first-order chi connectivity index (χ1) is 10.7. The zero-order valence-electron chi connectivity index (χ0n) is 11.8. The molecule has 0 spiro atoms. The number of rotatable bonds is 3. The lowest BCUT2D eigenvalue weighted by Gasteiger charge is -2.35. The molecule has 1 aromatic heterocycles. The molecule has 1 N–H and O–H groups in total. The molecule has 1 aliphatic heterocycles. The number of benzene rings is 1. The van der Waals surface area contributed by atoms with E-state index < -0.39 is 0 Å². The molecule has 1 aromatic carbocycles. The first-order valence-corrected chi connectivity index (χ1v) is 8.19. The third kappa shape index (κ3) is 3.16. The minimum Gasteiger partial charge on any atom is -0.353 e. The number of amides is 1. The van der Waals surface area contributed by atoms with Gasteiger partial charge in [-0.2, -0.15) is 0 Å². The molecule has 1 unspecified atom stereocenters. The molecule has 2 heterocycles. The van der Waals surface area contributed by atoms with Crippen LogP contribution in [0.3, 0.4) is 0 Å². The van der Waals surface area contributed by atoms with Crippen LogP contribution in [0.25, 0.3) is 0 Å². The minimum atomic E-state index is -0.345. The molecule has 4 nitrogen and oxygen atoms in total. The lowest BCUT2D eigenvalue weighted by atomic mass is 10.0. The van der Waals surface area contributed by atoms with Crippen LogP contribution in [0.1, 0.15) is 17.3 Å². The molecule has 1 amide bonds. The van der Waals surface area contributed by atoms with Gasteiger partial charge in [0.25, 0.3) is 0 Å². The highest BCUT2D eigenvalue weighted by Gasteiger charge is 2.32. The second-order valence-corrected chi connectivity index (χ2v) is 6.38. The van der Waals surface area contributed by atoms with Gasteiger partial charge in [-0.15, -0.1) is 0 Å². The van der Waals surface area contributed by atoms with Gasteiger partial charge >= 0.3 is 0 Å². The number of halogens is 2. The molecular formula is C16H15BrClN3O. The van der Waals surface area contributed by atoms with E-state index in [4.69, 9.17) is 11.6 Å². The second-order valence-electron chi connectivity index (χ2n) is 5.12. The Balaban J connectivity index is 1.93. The average molecular weight is 381 g/mol. The van der Waals surface area contributed by atoms with Crippen LogP contribution in [0.2, 0.25) is 5.02 Å². The summed E-state index contributed by atoms with van der Waals surface area (Å²) in [4.78, 5) is 18.8. The highest BCUT2D eigenvalue weighted by molar-refractivity contribution is 9.10. The highest BCUT2D eigenvalue weighted by atomic mass is 79.9. The second kappa shape index (κ2) is 6.77. The number of hydrogen-bond donors (Lipinski definition) is 1. The van der Waals surface area contributed by atoms with E-state index in [-0.39, 0.29) is 11.9 Å². The van der Waals surface area contributed by atoms with Gasteiger partial charge in [-0.05, 0) is 23.8 Å². The van der Waals surface area contributed by atoms with Crippen molar-refractivity contribution in [3.05, 3.63) is 63.3 Å². The van der Waals surface area contributed by atoms with Gasteiger partial charge < -0.3 is 5.32 Å². The Morgan fingerprint density at radius 3 is 2.91 bits per heavy atom. The lowest BCUT2D eigenvalue weighted by molar-refractivity contribution is -0.129. The van der Waals surface area contributed by atoms with Crippen molar-refractivity contribution < 1.29 is 4.79 Å². The van der Waals surface area contributed by atoms with Crippen molar-refractivity contribution in [1.29, 1.82) is 0 Å². The molecule has 6 heteroatoms. The Kier molecular flexibility index (Phi) is 4.76. The van der Waals surface area contributed by atoms with E-state index in [1.807, 2.05) is 30.3 Å². The molecule has 22 heavy (non-hydrogen) atoms. The third-order valence-electron chi connectivity index (χ3n) is 3.70. The number of carbonyl (C=O) groups excluding carboxylic acids is 1. The van der Waals surface area contributed by atoms with E-state index in [1.54, 1.807) is 12.3 Å². The van der Waals surface area contributed by atoms with Crippen molar-refractivity contribution in [3.8, 4) is 0 Å². The molecule has 1 aliphatic rings.